The summed E-state index contributed by atoms with van der Waals surface area (Å²) in [6, 6.07) is 7.56. The molecule has 0 unspecified atom stereocenters. The summed E-state index contributed by atoms with van der Waals surface area (Å²) < 4.78 is 5.21. The van der Waals surface area contributed by atoms with Crippen molar-refractivity contribution in [3.63, 3.8) is 0 Å². The van der Waals surface area contributed by atoms with Crippen molar-refractivity contribution in [3.8, 4) is 11.9 Å². The summed E-state index contributed by atoms with van der Waals surface area (Å²) >= 11 is 6.00. The maximum atomic E-state index is 9.37. The SMILES string of the molecule is COc1nc2cc(Cl)ccc2c(/C=C/N(C)C)c1C#N. The second-order valence-electron chi connectivity index (χ2n) is 4.46. The van der Waals surface area contributed by atoms with Gasteiger partial charge in [-0.3, -0.25) is 0 Å². The number of pyridine rings is 1. The van der Waals surface area contributed by atoms with Crippen molar-refractivity contribution in [2.75, 3.05) is 21.2 Å². The fourth-order valence-corrected chi connectivity index (χ4v) is 2.06. The second-order valence-corrected chi connectivity index (χ2v) is 4.90. The van der Waals surface area contributed by atoms with E-state index in [9.17, 15) is 5.26 Å². The molecule has 20 heavy (non-hydrogen) atoms. The van der Waals surface area contributed by atoms with Gasteiger partial charge in [0.05, 0.1) is 12.6 Å². The highest BCUT2D eigenvalue weighted by Crippen LogP contribution is 2.30. The van der Waals surface area contributed by atoms with Crippen LogP contribution in [0.4, 0.5) is 0 Å². The summed E-state index contributed by atoms with van der Waals surface area (Å²) in [5.41, 5.74) is 1.90. The van der Waals surface area contributed by atoms with Crippen LogP contribution in [-0.2, 0) is 0 Å². The number of hydrogen-bond donors (Lipinski definition) is 0. The van der Waals surface area contributed by atoms with Crippen LogP contribution in [0.15, 0.2) is 24.4 Å². The molecule has 0 radical (unpaired) electrons. The Balaban J connectivity index is 2.81. The van der Waals surface area contributed by atoms with Gasteiger partial charge < -0.3 is 9.64 Å². The molecule has 1 aromatic carbocycles. The van der Waals surface area contributed by atoms with Gasteiger partial charge in [-0.1, -0.05) is 17.7 Å². The molecular formula is C15H14ClN3O. The number of aromatic nitrogens is 1. The first-order valence-electron chi connectivity index (χ1n) is 5.98. The van der Waals surface area contributed by atoms with Crippen molar-refractivity contribution < 1.29 is 4.74 Å². The highest BCUT2D eigenvalue weighted by Gasteiger charge is 2.14. The van der Waals surface area contributed by atoms with E-state index in [1.807, 2.05) is 37.3 Å². The lowest BCUT2D eigenvalue weighted by Crippen LogP contribution is -2.01. The van der Waals surface area contributed by atoms with Gasteiger partial charge in [-0.15, -0.1) is 0 Å². The maximum Gasteiger partial charge on any atom is 0.232 e. The van der Waals surface area contributed by atoms with E-state index in [1.165, 1.54) is 7.11 Å². The largest absolute Gasteiger partial charge is 0.480 e. The molecule has 0 spiro atoms. The Morgan fingerprint density at radius 1 is 1.40 bits per heavy atom. The highest BCUT2D eigenvalue weighted by atomic mass is 35.5. The Morgan fingerprint density at radius 2 is 2.15 bits per heavy atom. The van der Waals surface area contributed by atoms with Crippen LogP contribution in [0.2, 0.25) is 5.02 Å². The minimum absolute atomic E-state index is 0.306. The lowest BCUT2D eigenvalue weighted by molar-refractivity contribution is 0.398. The smallest absolute Gasteiger partial charge is 0.232 e. The molecule has 1 heterocycles. The van der Waals surface area contributed by atoms with Gasteiger partial charge in [0.25, 0.3) is 0 Å². The summed E-state index contributed by atoms with van der Waals surface area (Å²) in [5, 5.41) is 10.8. The van der Waals surface area contributed by atoms with Gasteiger partial charge in [0.15, 0.2) is 0 Å². The molecular weight excluding hydrogens is 274 g/mol. The van der Waals surface area contributed by atoms with Gasteiger partial charge in [0, 0.05) is 30.1 Å². The topological polar surface area (TPSA) is 49.1 Å². The van der Waals surface area contributed by atoms with E-state index in [0.29, 0.717) is 22.0 Å². The van der Waals surface area contributed by atoms with Crippen molar-refractivity contribution in [1.29, 1.82) is 5.26 Å². The van der Waals surface area contributed by atoms with Crippen LogP contribution in [-0.4, -0.2) is 31.1 Å². The van der Waals surface area contributed by atoms with E-state index in [-0.39, 0.29) is 0 Å². The fourth-order valence-electron chi connectivity index (χ4n) is 1.89. The number of benzene rings is 1. The van der Waals surface area contributed by atoms with Gasteiger partial charge in [0.1, 0.15) is 11.6 Å². The molecule has 0 saturated carbocycles. The average Bonchev–Trinajstić information content (AvgIpc) is 2.43. The highest BCUT2D eigenvalue weighted by molar-refractivity contribution is 6.31. The lowest BCUT2D eigenvalue weighted by Gasteiger charge is -2.10. The molecule has 0 N–H and O–H groups in total. The number of rotatable bonds is 3. The van der Waals surface area contributed by atoms with Crippen LogP contribution in [0, 0.1) is 11.3 Å². The van der Waals surface area contributed by atoms with Crippen LogP contribution in [0.5, 0.6) is 5.88 Å². The number of ether oxygens (including phenoxy) is 1. The molecule has 0 amide bonds. The van der Waals surface area contributed by atoms with E-state index in [2.05, 4.69) is 11.1 Å². The third-order valence-corrected chi connectivity index (χ3v) is 3.03. The summed E-state index contributed by atoms with van der Waals surface area (Å²) in [4.78, 5) is 6.24. The first-order valence-corrected chi connectivity index (χ1v) is 6.36. The lowest BCUT2D eigenvalue weighted by atomic mass is 10.0. The molecule has 0 bridgehead atoms. The van der Waals surface area contributed by atoms with E-state index in [0.717, 1.165) is 10.9 Å². The van der Waals surface area contributed by atoms with Crippen LogP contribution in [0.25, 0.3) is 17.0 Å². The Hall–Kier alpha value is -2.25. The molecule has 4 nitrogen and oxygen atoms in total. The van der Waals surface area contributed by atoms with E-state index in [4.69, 9.17) is 16.3 Å². The standard InChI is InChI=1S/C15H14ClN3O/c1-19(2)7-6-11-12-5-4-10(16)8-14(12)18-15(20-3)13(11)9-17/h4-8H,1-3H3/b7-6+. The second kappa shape index (κ2) is 5.81. The zero-order valence-electron chi connectivity index (χ0n) is 11.5. The average molecular weight is 288 g/mol. The maximum absolute atomic E-state index is 9.37. The third-order valence-electron chi connectivity index (χ3n) is 2.80. The van der Waals surface area contributed by atoms with Crippen LogP contribution in [0.3, 0.4) is 0 Å². The first-order chi connectivity index (χ1) is 9.56. The minimum Gasteiger partial charge on any atom is -0.480 e. The molecule has 102 valence electrons. The molecule has 2 rings (SSSR count). The number of nitriles is 1. The fraction of sp³-hybridized carbons (Fsp3) is 0.200. The van der Waals surface area contributed by atoms with Crippen molar-refractivity contribution >= 4 is 28.6 Å². The first kappa shape index (κ1) is 14.2. The Bertz CT molecular complexity index is 717. The molecule has 0 aliphatic carbocycles. The van der Waals surface area contributed by atoms with E-state index in [1.54, 1.807) is 12.1 Å². The van der Waals surface area contributed by atoms with E-state index >= 15 is 0 Å². The van der Waals surface area contributed by atoms with Crippen molar-refractivity contribution in [2.45, 2.75) is 0 Å². The minimum atomic E-state index is 0.306. The van der Waals surface area contributed by atoms with Gasteiger partial charge in [-0.2, -0.15) is 5.26 Å². The molecule has 5 heteroatoms. The van der Waals surface area contributed by atoms with Crippen molar-refractivity contribution in [1.82, 2.24) is 9.88 Å². The number of fused-ring (bicyclic) bond motifs is 1. The Kier molecular flexibility index (Phi) is 4.11. The summed E-state index contributed by atoms with van der Waals surface area (Å²) in [6.45, 7) is 0. The quantitative estimate of drug-likeness (QED) is 0.869. The van der Waals surface area contributed by atoms with Gasteiger partial charge in [-0.25, -0.2) is 4.98 Å². The summed E-state index contributed by atoms with van der Waals surface area (Å²) in [6.07, 6.45) is 3.75. The van der Waals surface area contributed by atoms with Crippen LogP contribution in [0.1, 0.15) is 11.1 Å². The Labute approximate surface area is 122 Å². The predicted molar refractivity (Wildman–Crippen MR) is 80.7 cm³/mol. The molecule has 1 aromatic heterocycles. The van der Waals surface area contributed by atoms with Gasteiger partial charge in [-0.05, 0) is 24.4 Å². The van der Waals surface area contributed by atoms with Gasteiger partial charge in [0.2, 0.25) is 5.88 Å². The number of halogens is 1. The van der Waals surface area contributed by atoms with E-state index < -0.39 is 0 Å². The zero-order chi connectivity index (χ0) is 14.7. The predicted octanol–water partition coefficient (Wildman–Crippen LogP) is 3.30. The molecule has 2 aromatic rings. The van der Waals surface area contributed by atoms with Crippen LogP contribution >= 0.6 is 11.6 Å². The molecule has 0 atom stereocenters. The molecule has 0 aliphatic heterocycles. The summed E-state index contributed by atoms with van der Waals surface area (Å²) in [5.74, 6) is 0.306. The monoisotopic (exact) mass is 287 g/mol. The third kappa shape index (κ3) is 2.68. The molecule has 0 aliphatic rings. The molecule has 0 saturated heterocycles. The van der Waals surface area contributed by atoms with Crippen molar-refractivity contribution in [2.24, 2.45) is 0 Å². The number of hydrogen-bond acceptors (Lipinski definition) is 4. The van der Waals surface area contributed by atoms with Gasteiger partial charge >= 0.3 is 0 Å². The Morgan fingerprint density at radius 3 is 2.75 bits per heavy atom. The normalized spacial score (nSPS) is 10.8. The zero-order valence-corrected chi connectivity index (χ0v) is 12.3. The summed E-state index contributed by atoms with van der Waals surface area (Å²) in [7, 11) is 5.33. The number of nitrogens with zero attached hydrogens (tertiary/aromatic N) is 3. The number of methoxy groups -OCH3 is 1. The van der Waals surface area contributed by atoms with Crippen LogP contribution < -0.4 is 4.74 Å². The van der Waals surface area contributed by atoms with Crippen molar-refractivity contribution in [3.05, 3.63) is 40.5 Å². The molecule has 0 fully saturated rings.